The average molecular weight is 427 g/mol. The predicted octanol–water partition coefficient (Wildman–Crippen LogP) is 3.73. The first-order valence-electron chi connectivity index (χ1n) is 9.78. The van der Waals surface area contributed by atoms with Crippen LogP contribution in [0.15, 0.2) is 42.9 Å². The fourth-order valence-corrected chi connectivity index (χ4v) is 3.72. The highest BCUT2D eigenvalue weighted by atomic mass is 35.5. The molecule has 1 aliphatic rings. The molecule has 1 aliphatic carbocycles. The molecule has 0 saturated heterocycles. The molecule has 0 aliphatic heterocycles. The zero-order valence-corrected chi connectivity index (χ0v) is 17.9. The van der Waals surface area contributed by atoms with Crippen LogP contribution in [0, 0.1) is 5.92 Å². The van der Waals surface area contributed by atoms with Crippen LogP contribution in [0.25, 0.3) is 0 Å². The first-order valence-corrected chi connectivity index (χ1v) is 9.78. The van der Waals surface area contributed by atoms with E-state index in [2.05, 4.69) is 22.4 Å². The lowest BCUT2D eigenvalue weighted by molar-refractivity contribution is -0.122. The minimum Gasteiger partial charge on any atom is -0.355 e. The first kappa shape index (κ1) is 24.5. The number of carbonyl (C=O) groups excluding carboxylic acids is 1. The number of benzene rings is 1. The lowest BCUT2D eigenvalue weighted by Crippen LogP contribution is -2.42. The Kier molecular flexibility index (Phi) is 11.2. The number of hydrogen-bond acceptors (Lipinski definition) is 3. The molecule has 1 saturated carbocycles. The van der Waals surface area contributed by atoms with E-state index in [0.717, 1.165) is 31.1 Å². The van der Waals surface area contributed by atoms with Crippen molar-refractivity contribution in [1.29, 1.82) is 0 Å². The number of aromatic nitrogens is 2. The van der Waals surface area contributed by atoms with Crippen molar-refractivity contribution in [3.63, 3.8) is 0 Å². The predicted molar refractivity (Wildman–Crippen MR) is 118 cm³/mol. The molecule has 7 heteroatoms. The molecular formula is C21H32Cl2N4O. The molecule has 0 radical (unpaired) electrons. The molecule has 1 atom stereocenters. The van der Waals surface area contributed by atoms with Crippen LogP contribution in [-0.4, -0.2) is 28.0 Å². The van der Waals surface area contributed by atoms with E-state index in [4.69, 9.17) is 5.73 Å². The SMILES string of the molecule is Cl.Cl.N[C@@H](Cc1cn(Cc2ccccc2)cn1)C(=O)NCCC1CCCCC1. The summed E-state index contributed by atoms with van der Waals surface area (Å²) in [6.07, 6.45) is 12.0. The van der Waals surface area contributed by atoms with Crippen molar-refractivity contribution in [2.45, 2.75) is 57.5 Å². The molecule has 1 aromatic heterocycles. The highest BCUT2D eigenvalue weighted by Gasteiger charge is 2.17. The summed E-state index contributed by atoms with van der Waals surface area (Å²) in [5.74, 6) is 0.701. The summed E-state index contributed by atoms with van der Waals surface area (Å²) in [5.41, 5.74) is 8.15. The number of rotatable bonds is 8. The van der Waals surface area contributed by atoms with E-state index in [1.165, 1.54) is 37.7 Å². The number of carbonyl (C=O) groups is 1. The number of halogens is 2. The molecule has 0 unspecified atom stereocenters. The van der Waals surface area contributed by atoms with Crippen LogP contribution < -0.4 is 11.1 Å². The van der Waals surface area contributed by atoms with Gasteiger partial charge in [-0.1, -0.05) is 62.4 Å². The Hall–Kier alpha value is -1.56. The quantitative estimate of drug-likeness (QED) is 0.674. The molecular weight excluding hydrogens is 395 g/mol. The Labute approximate surface area is 180 Å². The van der Waals surface area contributed by atoms with E-state index in [0.29, 0.717) is 6.42 Å². The van der Waals surface area contributed by atoms with Gasteiger partial charge in [0.2, 0.25) is 5.91 Å². The topological polar surface area (TPSA) is 72.9 Å². The van der Waals surface area contributed by atoms with Gasteiger partial charge in [0.1, 0.15) is 0 Å². The van der Waals surface area contributed by atoms with Gasteiger partial charge in [-0.3, -0.25) is 4.79 Å². The molecule has 3 N–H and O–H groups in total. The largest absolute Gasteiger partial charge is 0.355 e. The molecule has 156 valence electrons. The smallest absolute Gasteiger partial charge is 0.237 e. The summed E-state index contributed by atoms with van der Waals surface area (Å²) in [5, 5.41) is 3.00. The van der Waals surface area contributed by atoms with Crippen LogP contribution in [0.2, 0.25) is 0 Å². The molecule has 2 aromatic rings. The van der Waals surface area contributed by atoms with Gasteiger partial charge in [-0.2, -0.15) is 0 Å². The van der Waals surface area contributed by atoms with Gasteiger partial charge in [0.25, 0.3) is 0 Å². The summed E-state index contributed by atoms with van der Waals surface area (Å²) in [6, 6.07) is 9.70. The van der Waals surface area contributed by atoms with Crippen molar-refractivity contribution < 1.29 is 4.79 Å². The van der Waals surface area contributed by atoms with Gasteiger partial charge in [-0.25, -0.2) is 4.98 Å². The monoisotopic (exact) mass is 426 g/mol. The highest BCUT2D eigenvalue weighted by molar-refractivity contribution is 5.85. The van der Waals surface area contributed by atoms with Crippen LogP contribution in [0.3, 0.4) is 0 Å². The Balaban J connectivity index is 0.00000196. The standard InChI is InChI=1S/C21H30N4O.2ClH/c22-20(21(26)23-12-11-17-7-3-1-4-8-17)13-19-15-25(16-24-19)14-18-9-5-2-6-10-18;;/h2,5-6,9-10,15-17,20H,1,3-4,7-8,11-14,22H2,(H,23,26);2*1H/t20-;;/m0../s1. The van der Waals surface area contributed by atoms with Gasteiger partial charge >= 0.3 is 0 Å². The molecule has 1 fully saturated rings. The van der Waals surface area contributed by atoms with Crippen LogP contribution in [0.5, 0.6) is 0 Å². The van der Waals surface area contributed by atoms with Gasteiger partial charge in [-0.15, -0.1) is 24.8 Å². The summed E-state index contributed by atoms with van der Waals surface area (Å²) >= 11 is 0. The van der Waals surface area contributed by atoms with Gasteiger partial charge in [0.05, 0.1) is 18.1 Å². The second-order valence-corrected chi connectivity index (χ2v) is 7.42. The normalized spacial score (nSPS) is 15.2. The Morgan fingerprint density at radius 3 is 2.61 bits per heavy atom. The maximum Gasteiger partial charge on any atom is 0.237 e. The summed E-state index contributed by atoms with van der Waals surface area (Å²) in [7, 11) is 0. The Morgan fingerprint density at radius 2 is 1.89 bits per heavy atom. The van der Waals surface area contributed by atoms with Crippen LogP contribution >= 0.6 is 24.8 Å². The minimum absolute atomic E-state index is 0. The van der Waals surface area contributed by atoms with E-state index in [1.807, 2.05) is 29.0 Å². The number of nitrogens with one attached hydrogen (secondary N) is 1. The average Bonchev–Trinajstić information content (AvgIpc) is 3.10. The van der Waals surface area contributed by atoms with Gasteiger partial charge in [0, 0.05) is 25.7 Å². The Bertz CT molecular complexity index is 687. The minimum atomic E-state index is -0.540. The van der Waals surface area contributed by atoms with E-state index in [1.54, 1.807) is 6.33 Å². The lowest BCUT2D eigenvalue weighted by atomic mass is 9.87. The van der Waals surface area contributed by atoms with E-state index in [-0.39, 0.29) is 30.7 Å². The lowest BCUT2D eigenvalue weighted by Gasteiger charge is -2.21. The number of amides is 1. The Morgan fingerprint density at radius 1 is 1.18 bits per heavy atom. The fourth-order valence-electron chi connectivity index (χ4n) is 3.72. The molecule has 1 heterocycles. The maximum absolute atomic E-state index is 12.2. The third-order valence-corrected chi connectivity index (χ3v) is 5.24. The molecule has 5 nitrogen and oxygen atoms in total. The highest BCUT2D eigenvalue weighted by Crippen LogP contribution is 2.25. The van der Waals surface area contributed by atoms with Crippen molar-refractivity contribution in [2.24, 2.45) is 11.7 Å². The zero-order chi connectivity index (χ0) is 18.2. The summed E-state index contributed by atoms with van der Waals surface area (Å²) < 4.78 is 2.03. The molecule has 1 aromatic carbocycles. The molecule has 0 spiro atoms. The van der Waals surface area contributed by atoms with Crippen molar-refractivity contribution in [3.05, 3.63) is 54.1 Å². The van der Waals surface area contributed by atoms with Crippen molar-refractivity contribution >= 4 is 30.7 Å². The summed E-state index contributed by atoms with van der Waals surface area (Å²) in [4.78, 5) is 16.6. The zero-order valence-electron chi connectivity index (χ0n) is 16.3. The van der Waals surface area contributed by atoms with E-state index >= 15 is 0 Å². The third kappa shape index (κ3) is 7.82. The molecule has 28 heavy (non-hydrogen) atoms. The van der Waals surface area contributed by atoms with Crippen LogP contribution in [-0.2, 0) is 17.8 Å². The van der Waals surface area contributed by atoms with Crippen molar-refractivity contribution in [3.8, 4) is 0 Å². The van der Waals surface area contributed by atoms with Crippen molar-refractivity contribution in [1.82, 2.24) is 14.9 Å². The van der Waals surface area contributed by atoms with Gasteiger partial charge in [-0.05, 0) is 17.9 Å². The number of nitrogens with zero attached hydrogens (tertiary/aromatic N) is 2. The molecule has 3 rings (SSSR count). The number of nitrogens with two attached hydrogens (primary N) is 1. The van der Waals surface area contributed by atoms with Crippen LogP contribution in [0.4, 0.5) is 0 Å². The van der Waals surface area contributed by atoms with Crippen LogP contribution in [0.1, 0.15) is 49.8 Å². The van der Waals surface area contributed by atoms with Crippen molar-refractivity contribution in [2.75, 3.05) is 6.54 Å². The maximum atomic E-state index is 12.2. The van der Waals surface area contributed by atoms with E-state index < -0.39 is 6.04 Å². The third-order valence-electron chi connectivity index (χ3n) is 5.24. The second kappa shape index (κ2) is 12.8. The van der Waals surface area contributed by atoms with Gasteiger partial charge < -0.3 is 15.6 Å². The number of imidazole rings is 1. The fraction of sp³-hybridized carbons (Fsp3) is 0.524. The summed E-state index contributed by atoms with van der Waals surface area (Å²) in [6.45, 7) is 1.51. The second-order valence-electron chi connectivity index (χ2n) is 7.42. The van der Waals surface area contributed by atoms with Gasteiger partial charge in [0.15, 0.2) is 0 Å². The van der Waals surface area contributed by atoms with E-state index in [9.17, 15) is 4.79 Å². The number of hydrogen-bond donors (Lipinski definition) is 2. The molecule has 1 amide bonds. The first-order chi connectivity index (χ1) is 12.7. The molecule has 0 bridgehead atoms.